The van der Waals surface area contributed by atoms with E-state index < -0.39 is 10.0 Å². The number of nitrogens with zero attached hydrogens (tertiary/aromatic N) is 2. The Morgan fingerprint density at radius 2 is 2.12 bits per heavy atom. The predicted molar refractivity (Wildman–Crippen MR) is 62.6 cm³/mol. The van der Waals surface area contributed by atoms with Gasteiger partial charge in [-0.25, -0.2) is 0 Å². The Morgan fingerprint density at radius 1 is 1.38 bits per heavy atom. The van der Waals surface area contributed by atoms with E-state index in [2.05, 4.69) is 4.40 Å². The van der Waals surface area contributed by atoms with Crippen molar-refractivity contribution in [2.75, 3.05) is 4.90 Å². The zero-order chi connectivity index (χ0) is 11.3. The van der Waals surface area contributed by atoms with E-state index in [1.54, 1.807) is 18.2 Å². The number of hydrogen-bond donors (Lipinski definition) is 0. The van der Waals surface area contributed by atoms with Gasteiger partial charge in [-0.2, -0.15) is 8.42 Å². The second kappa shape index (κ2) is 3.21. The third kappa shape index (κ3) is 1.43. The molecule has 0 unspecified atom stereocenters. The molecule has 3 rings (SSSR count). The monoisotopic (exact) mass is 256 g/mol. The normalized spacial score (nSPS) is 21.9. The number of hydrogen-bond acceptors (Lipinski definition) is 3. The second-order valence-corrected chi connectivity index (χ2v) is 5.93. The van der Waals surface area contributed by atoms with Crippen LogP contribution < -0.4 is 4.90 Å². The molecule has 1 aromatic carbocycles. The van der Waals surface area contributed by atoms with Crippen molar-refractivity contribution in [3.63, 3.8) is 0 Å². The summed E-state index contributed by atoms with van der Waals surface area (Å²) in [6, 6.07) is 5.22. The third-order valence-corrected chi connectivity index (χ3v) is 4.30. The first-order valence-electron chi connectivity index (χ1n) is 4.97. The van der Waals surface area contributed by atoms with Gasteiger partial charge in [0.1, 0.15) is 11.2 Å². The third-order valence-electron chi connectivity index (χ3n) is 2.74. The molecule has 1 aliphatic heterocycles. The molecule has 2 aliphatic rings. The number of halogens is 1. The van der Waals surface area contributed by atoms with Crippen LogP contribution in [0, 0.1) is 0 Å². The molecule has 0 radical (unpaired) electrons. The summed E-state index contributed by atoms with van der Waals surface area (Å²) in [4.78, 5) is 2.06. The van der Waals surface area contributed by atoms with Crippen molar-refractivity contribution in [3.05, 3.63) is 23.2 Å². The number of anilines is 1. The molecule has 4 nitrogen and oxygen atoms in total. The van der Waals surface area contributed by atoms with Gasteiger partial charge in [0.15, 0.2) is 0 Å². The molecular weight excluding hydrogens is 248 g/mol. The largest absolute Gasteiger partial charge is 0.326 e. The van der Waals surface area contributed by atoms with Gasteiger partial charge in [-0.1, -0.05) is 17.7 Å². The van der Waals surface area contributed by atoms with Crippen molar-refractivity contribution < 1.29 is 8.42 Å². The highest BCUT2D eigenvalue weighted by molar-refractivity contribution is 7.90. The summed E-state index contributed by atoms with van der Waals surface area (Å²) in [7, 11) is -3.56. The SMILES string of the molecule is O=S1(=O)N=CN(C2CC2)c2c(Cl)cccc21. The van der Waals surface area contributed by atoms with Crippen LogP contribution >= 0.6 is 11.6 Å². The predicted octanol–water partition coefficient (Wildman–Crippen LogP) is 2.04. The topological polar surface area (TPSA) is 49.7 Å². The molecule has 0 spiro atoms. The summed E-state index contributed by atoms with van der Waals surface area (Å²) in [6.07, 6.45) is 3.48. The van der Waals surface area contributed by atoms with Gasteiger partial charge in [0.05, 0.1) is 10.7 Å². The number of fused-ring (bicyclic) bond motifs is 1. The summed E-state index contributed by atoms with van der Waals surface area (Å²) in [5.41, 5.74) is 0.571. The van der Waals surface area contributed by atoms with Crippen molar-refractivity contribution >= 4 is 33.7 Å². The van der Waals surface area contributed by atoms with Gasteiger partial charge < -0.3 is 4.90 Å². The van der Waals surface area contributed by atoms with E-state index in [-0.39, 0.29) is 4.90 Å². The first-order valence-corrected chi connectivity index (χ1v) is 6.79. The summed E-state index contributed by atoms with van der Waals surface area (Å²) >= 11 is 6.07. The quantitative estimate of drug-likeness (QED) is 0.773. The van der Waals surface area contributed by atoms with E-state index in [9.17, 15) is 8.42 Å². The minimum absolute atomic E-state index is 0.203. The highest BCUT2D eigenvalue weighted by Gasteiger charge is 2.36. The Kier molecular flexibility index (Phi) is 2.03. The van der Waals surface area contributed by atoms with Gasteiger partial charge in [0.25, 0.3) is 10.0 Å². The Bertz CT molecular complexity index is 578. The van der Waals surface area contributed by atoms with Gasteiger partial charge in [-0.15, -0.1) is 4.40 Å². The van der Waals surface area contributed by atoms with Gasteiger partial charge in [-0.3, -0.25) is 0 Å². The van der Waals surface area contributed by atoms with Crippen molar-refractivity contribution in [2.24, 2.45) is 4.40 Å². The molecule has 16 heavy (non-hydrogen) atoms. The smallest absolute Gasteiger partial charge is 0.285 e. The van der Waals surface area contributed by atoms with Crippen molar-refractivity contribution in [2.45, 2.75) is 23.8 Å². The Hall–Kier alpha value is -1.07. The lowest BCUT2D eigenvalue weighted by Crippen LogP contribution is -2.29. The van der Waals surface area contributed by atoms with Crippen LogP contribution in [0.3, 0.4) is 0 Å². The maximum Gasteiger partial charge on any atom is 0.285 e. The highest BCUT2D eigenvalue weighted by atomic mass is 35.5. The fraction of sp³-hybridized carbons (Fsp3) is 0.300. The maximum atomic E-state index is 11.7. The molecule has 0 bridgehead atoms. The molecule has 0 amide bonds. The van der Waals surface area contributed by atoms with Crippen LogP contribution in [0.4, 0.5) is 5.69 Å². The van der Waals surface area contributed by atoms with Crippen LogP contribution in [-0.4, -0.2) is 20.8 Å². The molecule has 0 atom stereocenters. The molecule has 0 N–H and O–H groups in total. The fourth-order valence-electron chi connectivity index (χ4n) is 1.81. The van der Waals surface area contributed by atoms with E-state index in [0.717, 1.165) is 12.8 Å². The number of para-hydroxylation sites is 1. The molecule has 0 saturated heterocycles. The summed E-state index contributed by atoms with van der Waals surface area (Å²) in [6.45, 7) is 0. The molecule has 1 fully saturated rings. The number of benzene rings is 1. The van der Waals surface area contributed by atoms with Crippen molar-refractivity contribution in [1.82, 2.24) is 0 Å². The molecule has 1 aromatic rings. The van der Waals surface area contributed by atoms with Crippen LogP contribution in [0.15, 0.2) is 27.5 Å². The first kappa shape index (κ1) is 10.1. The van der Waals surface area contributed by atoms with Crippen LogP contribution in [0.5, 0.6) is 0 Å². The summed E-state index contributed by atoms with van der Waals surface area (Å²) < 4.78 is 27.1. The van der Waals surface area contributed by atoms with Crippen LogP contribution in [-0.2, 0) is 10.0 Å². The number of sulfonamides is 1. The molecule has 1 aliphatic carbocycles. The lowest BCUT2D eigenvalue weighted by molar-refractivity contribution is 0.597. The zero-order valence-electron chi connectivity index (χ0n) is 8.30. The van der Waals surface area contributed by atoms with E-state index in [1.807, 2.05) is 4.90 Å². The van der Waals surface area contributed by atoms with Gasteiger partial charge in [0, 0.05) is 6.04 Å². The minimum Gasteiger partial charge on any atom is -0.326 e. The van der Waals surface area contributed by atoms with E-state index in [4.69, 9.17) is 11.6 Å². The van der Waals surface area contributed by atoms with Crippen LogP contribution in [0.1, 0.15) is 12.8 Å². The fourth-order valence-corrected chi connectivity index (χ4v) is 3.19. The lowest BCUT2D eigenvalue weighted by atomic mass is 10.3. The highest BCUT2D eigenvalue weighted by Crippen LogP contribution is 2.41. The van der Waals surface area contributed by atoms with Crippen LogP contribution in [0.2, 0.25) is 5.02 Å². The van der Waals surface area contributed by atoms with Crippen molar-refractivity contribution in [3.8, 4) is 0 Å². The van der Waals surface area contributed by atoms with E-state index >= 15 is 0 Å². The zero-order valence-corrected chi connectivity index (χ0v) is 9.87. The average molecular weight is 257 g/mol. The molecule has 0 aromatic heterocycles. The Balaban J connectivity index is 2.26. The molecule has 1 saturated carbocycles. The average Bonchev–Trinajstić information content (AvgIpc) is 3.03. The molecular formula is C10H9ClN2O2S. The minimum atomic E-state index is -3.56. The Labute approximate surface area is 98.6 Å². The Morgan fingerprint density at radius 3 is 2.81 bits per heavy atom. The van der Waals surface area contributed by atoms with E-state index in [1.165, 1.54) is 6.34 Å². The van der Waals surface area contributed by atoms with Gasteiger partial charge >= 0.3 is 0 Å². The summed E-state index contributed by atoms with van der Waals surface area (Å²) in [5.74, 6) is 0. The lowest BCUT2D eigenvalue weighted by Gasteiger charge is -2.25. The first-order chi connectivity index (χ1) is 7.59. The van der Waals surface area contributed by atoms with E-state index in [0.29, 0.717) is 16.8 Å². The van der Waals surface area contributed by atoms with Gasteiger partial charge in [-0.05, 0) is 25.0 Å². The molecule has 84 valence electrons. The summed E-state index contributed by atoms with van der Waals surface area (Å²) in [5, 5.41) is 0.458. The van der Waals surface area contributed by atoms with Gasteiger partial charge in [0.2, 0.25) is 0 Å². The molecule has 6 heteroatoms. The number of rotatable bonds is 1. The second-order valence-electron chi connectivity index (χ2n) is 3.92. The standard InChI is InChI=1S/C10H9ClN2O2S/c11-8-2-1-3-9-10(8)13(7-4-5-7)6-12-16(9,14)15/h1-3,6-7H,4-5H2. The van der Waals surface area contributed by atoms with Crippen LogP contribution in [0.25, 0.3) is 0 Å². The molecule has 1 heterocycles. The van der Waals surface area contributed by atoms with Crippen molar-refractivity contribution in [1.29, 1.82) is 0 Å². The maximum absolute atomic E-state index is 11.7.